The van der Waals surface area contributed by atoms with Crippen molar-refractivity contribution in [3.05, 3.63) is 107 Å². The van der Waals surface area contributed by atoms with Gasteiger partial charge < -0.3 is 5.32 Å². The van der Waals surface area contributed by atoms with E-state index in [-0.39, 0.29) is 11.8 Å². The molecule has 0 saturated carbocycles. The lowest BCUT2D eigenvalue weighted by Crippen LogP contribution is -2.19. The van der Waals surface area contributed by atoms with E-state index < -0.39 is 0 Å². The molecule has 0 heterocycles. The van der Waals surface area contributed by atoms with Crippen LogP contribution < -0.4 is 10.7 Å². The lowest BCUT2D eigenvalue weighted by molar-refractivity contribution is 0.0954. The molecule has 3 aromatic rings. The van der Waals surface area contributed by atoms with Gasteiger partial charge in [0.15, 0.2) is 0 Å². The van der Waals surface area contributed by atoms with Crippen LogP contribution in [0.4, 0.5) is 5.69 Å². The van der Waals surface area contributed by atoms with Crippen LogP contribution >= 0.6 is 0 Å². The van der Waals surface area contributed by atoms with Crippen molar-refractivity contribution in [2.24, 2.45) is 5.10 Å². The molecular formula is C25H23N3O2. The fraction of sp³-hybridized carbons (Fsp3) is 0.0800. The summed E-state index contributed by atoms with van der Waals surface area (Å²) >= 11 is 0. The van der Waals surface area contributed by atoms with Gasteiger partial charge in [0.25, 0.3) is 11.8 Å². The van der Waals surface area contributed by atoms with Crippen LogP contribution in [0.25, 0.3) is 6.08 Å². The van der Waals surface area contributed by atoms with Crippen molar-refractivity contribution in [2.45, 2.75) is 13.8 Å². The fourth-order valence-corrected chi connectivity index (χ4v) is 2.75. The summed E-state index contributed by atoms with van der Waals surface area (Å²) in [6.45, 7) is 3.70. The molecule has 2 amide bonds. The second kappa shape index (κ2) is 9.98. The van der Waals surface area contributed by atoms with Crippen LogP contribution in [0.3, 0.4) is 0 Å². The highest BCUT2D eigenvalue weighted by molar-refractivity contribution is 6.05. The van der Waals surface area contributed by atoms with E-state index in [2.05, 4.69) is 15.8 Å². The standard InChI is InChI=1S/C25H23N3O2/c1-18-8-6-7-11-23(18)25(30)26-22-16-14-21(15-17-22)24(29)28-27-19(2)12-13-20-9-4-3-5-10-20/h3-17H,1-2H3,(H,26,30)(H,28,29). The lowest BCUT2D eigenvalue weighted by atomic mass is 10.1. The Bertz CT molecular complexity index is 1080. The number of aryl methyl sites for hydroxylation is 1. The minimum absolute atomic E-state index is 0.185. The van der Waals surface area contributed by atoms with Gasteiger partial charge in [0.05, 0.1) is 5.71 Å². The molecule has 0 fully saturated rings. The fourth-order valence-electron chi connectivity index (χ4n) is 2.75. The molecule has 0 radical (unpaired) electrons. The summed E-state index contributed by atoms with van der Waals surface area (Å²) in [5.74, 6) is -0.505. The first-order valence-electron chi connectivity index (χ1n) is 9.58. The maximum atomic E-state index is 12.4. The summed E-state index contributed by atoms with van der Waals surface area (Å²) in [7, 11) is 0. The molecule has 2 N–H and O–H groups in total. The Balaban J connectivity index is 1.57. The summed E-state index contributed by atoms with van der Waals surface area (Å²) in [5, 5.41) is 6.94. The third-order valence-corrected chi connectivity index (χ3v) is 4.45. The number of benzene rings is 3. The Morgan fingerprint density at radius 1 is 0.833 bits per heavy atom. The number of nitrogens with zero attached hydrogens (tertiary/aromatic N) is 1. The number of hydrazone groups is 1. The quantitative estimate of drug-likeness (QED) is 0.450. The smallest absolute Gasteiger partial charge is 0.271 e. The molecule has 3 aromatic carbocycles. The number of carbonyl (C=O) groups is 2. The number of hydrogen-bond donors (Lipinski definition) is 2. The van der Waals surface area contributed by atoms with E-state index in [0.29, 0.717) is 22.5 Å². The van der Waals surface area contributed by atoms with Crippen LogP contribution in [0, 0.1) is 6.92 Å². The molecule has 3 rings (SSSR count). The normalized spacial score (nSPS) is 11.3. The van der Waals surface area contributed by atoms with E-state index in [9.17, 15) is 9.59 Å². The van der Waals surface area contributed by atoms with Gasteiger partial charge in [-0.25, -0.2) is 5.43 Å². The van der Waals surface area contributed by atoms with Gasteiger partial charge in [0, 0.05) is 16.8 Å². The second-order valence-electron chi connectivity index (χ2n) is 6.78. The number of amides is 2. The Morgan fingerprint density at radius 2 is 1.50 bits per heavy atom. The van der Waals surface area contributed by atoms with Crippen molar-refractivity contribution in [2.75, 3.05) is 5.32 Å². The summed E-state index contributed by atoms with van der Waals surface area (Å²) < 4.78 is 0. The predicted molar refractivity (Wildman–Crippen MR) is 122 cm³/mol. The van der Waals surface area contributed by atoms with Crippen LogP contribution in [0.2, 0.25) is 0 Å². The van der Waals surface area contributed by atoms with Gasteiger partial charge in [-0.1, -0.05) is 54.6 Å². The molecule has 5 heteroatoms. The Hall–Kier alpha value is -3.99. The molecule has 0 spiro atoms. The third kappa shape index (κ3) is 5.75. The molecule has 0 aliphatic rings. The second-order valence-corrected chi connectivity index (χ2v) is 6.78. The summed E-state index contributed by atoms with van der Waals surface area (Å²) in [5.41, 5.74) is 6.86. The number of nitrogens with one attached hydrogen (secondary N) is 2. The summed E-state index contributed by atoms with van der Waals surface area (Å²) in [4.78, 5) is 24.7. The number of anilines is 1. The molecule has 0 bridgehead atoms. The minimum Gasteiger partial charge on any atom is -0.322 e. The third-order valence-electron chi connectivity index (χ3n) is 4.45. The van der Waals surface area contributed by atoms with Crippen molar-refractivity contribution in [3.63, 3.8) is 0 Å². The van der Waals surface area contributed by atoms with E-state index in [1.807, 2.05) is 74.5 Å². The Morgan fingerprint density at radius 3 is 2.20 bits per heavy atom. The van der Waals surface area contributed by atoms with E-state index in [1.165, 1.54) is 0 Å². The predicted octanol–water partition coefficient (Wildman–Crippen LogP) is 5.07. The topological polar surface area (TPSA) is 70.6 Å². The van der Waals surface area contributed by atoms with E-state index in [4.69, 9.17) is 0 Å². The van der Waals surface area contributed by atoms with Gasteiger partial charge >= 0.3 is 0 Å². The van der Waals surface area contributed by atoms with Crippen LogP contribution in [-0.4, -0.2) is 17.5 Å². The highest BCUT2D eigenvalue weighted by Crippen LogP contribution is 2.13. The van der Waals surface area contributed by atoms with E-state index in [1.54, 1.807) is 30.3 Å². The summed E-state index contributed by atoms with van der Waals surface area (Å²) in [6, 6.07) is 23.9. The zero-order valence-corrected chi connectivity index (χ0v) is 16.9. The van der Waals surface area contributed by atoms with Gasteiger partial charge in [-0.05, 0) is 61.4 Å². The van der Waals surface area contributed by atoms with Gasteiger partial charge in [0.1, 0.15) is 0 Å². The van der Waals surface area contributed by atoms with Gasteiger partial charge in [-0.3, -0.25) is 9.59 Å². The average Bonchev–Trinajstić information content (AvgIpc) is 2.77. The van der Waals surface area contributed by atoms with Crippen LogP contribution in [0.15, 0.2) is 90.0 Å². The minimum atomic E-state index is -0.320. The number of hydrogen-bond acceptors (Lipinski definition) is 3. The SMILES string of the molecule is CC(C=Cc1ccccc1)=NNC(=O)c1ccc(NC(=O)c2ccccc2C)cc1. The zero-order valence-electron chi connectivity index (χ0n) is 16.9. The molecule has 0 saturated heterocycles. The number of rotatable bonds is 6. The highest BCUT2D eigenvalue weighted by Gasteiger charge is 2.09. The van der Waals surface area contributed by atoms with Crippen LogP contribution in [0.5, 0.6) is 0 Å². The lowest BCUT2D eigenvalue weighted by Gasteiger charge is -2.08. The first kappa shape index (κ1) is 20.7. The maximum absolute atomic E-state index is 12.4. The van der Waals surface area contributed by atoms with Gasteiger partial charge in [-0.15, -0.1) is 0 Å². The zero-order chi connectivity index (χ0) is 21.3. The molecule has 150 valence electrons. The molecule has 0 unspecified atom stereocenters. The molecule has 0 aliphatic carbocycles. The first-order valence-corrected chi connectivity index (χ1v) is 9.58. The van der Waals surface area contributed by atoms with Crippen molar-refractivity contribution in [1.29, 1.82) is 0 Å². The monoisotopic (exact) mass is 397 g/mol. The molecule has 0 aromatic heterocycles. The van der Waals surface area contributed by atoms with Crippen molar-refractivity contribution >= 4 is 29.3 Å². The van der Waals surface area contributed by atoms with Crippen molar-refractivity contribution < 1.29 is 9.59 Å². The van der Waals surface area contributed by atoms with Crippen molar-refractivity contribution in [3.8, 4) is 0 Å². The largest absolute Gasteiger partial charge is 0.322 e. The number of allylic oxidation sites excluding steroid dienone is 1. The number of carbonyl (C=O) groups excluding carboxylic acids is 2. The Labute approximate surface area is 176 Å². The van der Waals surface area contributed by atoms with Crippen LogP contribution in [0.1, 0.15) is 38.8 Å². The van der Waals surface area contributed by atoms with Gasteiger partial charge in [-0.2, -0.15) is 5.10 Å². The molecule has 0 aliphatic heterocycles. The van der Waals surface area contributed by atoms with Gasteiger partial charge in [0.2, 0.25) is 0 Å². The average molecular weight is 397 g/mol. The summed E-state index contributed by atoms with van der Waals surface area (Å²) in [6.07, 6.45) is 3.76. The Kier molecular flexibility index (Phi) is 6.90. The molecule has 30 heavy (non-hydrogen) atoms. The van der Waals surface area contributed by atoms with Crippen LogP contribution in [-0.2, 0) is 0 Å². The first-order chi connectivity index (χ1) is 14.5. The van der Waals surface area contributed by atoms with E-state index >= 15 is 0 Å². The highest BCUT2D eigenvalue weighted by atomic mass is 16.2. The molecule has 0 atom stereocenters. The molecule has 5 nitrogen and oxygen atoms in total. The maximum Gasteiger partial charge on any atom is 0.271 e. The van der Waals surface area contributed by atoms with E-state index in [0.717, 1.165) is 11.1 Å². The molecular weight excluding hydrogens is 374 g/mol. The van der Waals surface area contributed by atoms with Crippen molar-refractivity contribution in [1.82, 2.24) is 5.43 Å².